The average Bonchev–Trinajstić information content (AvgIpc) is 3.58. The topological polar surface area (TPSA) is 120 Å². The maximum absolute atomic E-state index is 13.5. The molecule has 2 aromatic carbocycles. The number of anilines is 3. The van der Waals surface area contributed by atoms with Crippen LogP contribution in [0.5, 0.6) is 0 Å². The SMILES string of the molecule is CC1=C(C#N)[C@@H](c2ccc(C#N)cc2)n2nc(NC(=O)C3CCOC3)nc2N1c1cccc(C(F)(F)F)c1. The number of nitrogens with zero attached hydrogens (tertiary/aromatic N) is 6. The molecular formula is C26H20F3N7O2. The maximum Gasteiger partial charge on any atom is 0.416 e. The molecule has 2 atom stereocenters. The highest BCUT2D eigenvalue weighted by atomic mass is 19.4. The second-order valence-electron chi connectivity index (χ2n) is 8.86. The molecule has 9 nitrogen and oxygen atoms in total. The molecule has 1 unspecified atom stereocenters. The molecule has 1 amide bonds. The molecule has 1 N–H and O–H groups in total. The van der Waals surface area contributed by atoms with Crippen LogP contribution in [0.3, 0.4) is 0 Å². The molecule has 192 valence electrons. The van der Waals surface area contributed by atoms with E-state index in [-0.39, 0.29) is 41.6 Å². The van der Waals surface area contributed by atoms with Crippen molar-refractivity contribution < 1.29 is 22.7 Å². The normalized spacial score (nSPS) is 19.1. The van der Waals surface area contributed by atoms with E-state index in [1.165, 1.54) is 21.7 Å². The zero-order valence-corrected chi connectivity index (χ0v) is 20.0. The number of rotatable bonds is 4. The molecule has 1 aromatic heterocycles. The number of aromatic nitrogens is 3. The first-order chi connectivity index (χ1) is 18.2. The summed E-state index contributed by atoms with van der Waals surface area (Å²) in [4.78, 5) is 18.6. The number of nitriles is 2. The van der Waals surface area contributed by atoms with E-state index in [9.17, 15) is 28.5 Å². The van der Waals surface area contributed by atoms with Gasteiger partial charge in [-0.1, -0.05) is 18.2 Å². The van der Waals surface area contributed by atoms with Gasteiger partial charge in [0.15, 0.2) is 0 Å². The minimum atomic E-state index is -4.58. The zero-order valence-electron chi connectivity index (χ0n) is 20.0. The monoisotopic (exact) mass is 519 g/mol. The second-order valence-corrected chi connectivity index (χ2v) is 8.86. The van der Waals surface area contributed by atoms with Crippen molar-refractivity contribution in [2.45, 2.75) is 25.6 Å². The standard InChI is InChI=1S/C26H20F3N7O2/c1-15-21(13-31)22(17-7-5-16(12-30)6-8-17)36-25(33-24(34-36)32-23(37)18-9-10-38-14-18)35(15)20-4-2-3-19(11-20)26(27,28)29/h2-8,11,18,22H,9-10,14H2,1H3,(H,32,34,37)/t18?,22-/m1/s1. The Labute approximate surface area is 215 Å². The summed E-state index contributed by atoms with van der Waals surface area (Å²) in [5.74, 6) is -0.650. The molecule has 2 aliphatic rings. The van der Waals surface area contributed by atoms with Gasteiger partial charge in [0.1, 0.15) is 6.04 Å². The molecule has 3 heterocycles. The van der Waals surface area contributed by atoms with Gasteiger partial charge >= 0.3 is 6.18 Å². The number of allylic oxidation sites excluding steroid dienone is 2. The molecular weight excluding hydrogens is 499 g/mol. The summed E-state index contributed by atoms with van der Waals surface area (Å²) in [6, 6.07) is 14.6. The van der Waals surface area contributed by atoms with Gasteiger partial charge in [0.2, 0.25) is 11.9 Å². The lowest BCUT2D eigenvalue weighted by Gasteiger charge is -2.34. The van der Waals surface area contributed by atoms with Crippen LogP contribution in [-0.4, -0.2) is 33.9 Å². The quantitative estimate of drug-likeness (QED) is 0.531. The highest BCUT2D eigenvalue weighted by molar-refractivity contribution is 5.91. The van der Waals surface area contributed by atoms with Gasteiger partial charge in [-0.25, -0.2) is 4.68 Å². The van der Waals surface area contributed by atoms with E-state index in [2.05, 4.69) is 21.5 Å². The molecule has 1 fully saturated rings. The van der Waals surface area contributed by atoms with E-state index >= 15 is 0 Å². The van der Waals surface area contributed by atoms with E-state index in [1.807, 2.05) is 6.07 Å². The second kappa shape index (κ2) is 9.65. The lowest BCUT2D eigenvalue weighted by atomic mass is 9.95. The number of amides is 1. The van der Waals surface area contributed by atoms with E-state index in [0.29, 0.717) is 29.9 Å². The molecule has 0 spiro atoms. The van der Waals surface area contributed by atoms with Gasteiger partial charge in [-0.3, -0.25) is 15.0 Å². The van der Waals surface area contributed by atoms with Crippen LogP contribution in [0.1, 0.15) is 36.1 Å². The van der Waals surface area contributed by atoms with Crippen molar-refractivity contribution in [1.82, 2.24) is 14.8 Å². The van der Waals surface area contributed by atoms with Gasteiger partial charge in [0.05, 0.1) is 41.4 Å². The van der Waals surface area contributed by atoms with E-state index < -0.39 is 17.8 Å². The average molecular weight is 519 g/mol. The number of fused-ring (bicyclic) bond motifs is 1. The van der Waals surface area contributed by atoms with Crippen molar-refractivity contribution in [3.8, 4) is 12.1 Å². The number of hydrogen-bond acceptors (Lipinski definition) is 7. The predicted octanol–water partition coefficient (Wildman–Crippen LogP) is 4.68. The van der Waals surface area contributed by atoms with Crippen molar-refractivity contribution in [1.29, 1.82) is 10.5 Å². The highest BCUT2D eigenvalue weighted by Crippen LogP contribution is 2.43. The van der Waals surface area contributed by atoms with Crippen LogP contribution in [0.4, 0.5) is 30.8 Å². The summed E-state index contributed by atoms with van der Waals surface area (Å²) >= 11 is 0. The molecule has 0 bridgehead atoms. The Hall–Kier alpha value is -4.68. The van der Waals surface area contributed by atoms with E-state index in [1.54, 1.807) is 31.2 Å². The lowest BCUT2D eigenvalue weighted by molar-refractivity contribution is -0.137. The fourth-order valence-electron chi connectivity index (χ4n) is 4.56. The van der Waals surface area contributed by atoms with Gasteiger partial charge in [0.25, 0.3) is 5.95 Å². The van der Waals surface area contributed by atoms with Crippen LogP contribution in [0.15, 0.2) is 59.8 Å². The Morgan fingerprint density at radius 1 is 1.16 bits per heavy atom. The number of nitrogens with one attached hydrogen (secondary N) is 1. The molecule has 12 heteroatoms. The largest absolute Gasteiger partial charge is 0.416 e. The minimum Gasteiger partial charge on any atom is -0.381 e. The van der Waals surface area contributed by atoms with E-state index in [0.717, 1.165) is 12.1 Å². The third-order valence-corrected chi connectivity index (χ3v) is 6.50. The van der Waals surface area contributed by atoms with Gasteiger partial charge in [-0.15, -0.1) is 5.10 Å². The predicted molar refractivity (Wildman–Crippen MR) is 129 cm³/mol. The first-order valence-corrected chi connectivity index (χ1v) is 11.6. The van der Waals surface area contributed by atoms with Gasteiger partial charge in [-0.05, 0) is 49.2 Å². The van der Waals surface area contributed by atoms with Crippen molar-refractivity contribution in [2.24, 2.45) is 5.92 Å². The third kappa shape index (κ3) is 4.46. The molecule has 38 heavy (non-hydrogen) atoms. The number of carbonyl (C=O) groups is 1. The summed E-state index contributed by atoms with van der Waals surface area (Å²) in [6.45, 7) is 2.34. The van der Waals surface area contributed by atoms with Gasteiger partial charge < -0.3 is 4.74 Å². The number of benzene rings is 2. The number of alkyl halides is 3. The summed E-state index contributed by atoms with van der Waals surface area (Å²) in [5, 5.41) is 26.5. The van der Waals surface area contributed by atoms with Crippen molar-refractivity contribution in [3.63, 3.8) is 0 Å². The molecule has 0 aliphatic carbocycles. The fraction of sp³-hybridized carbons (Fsp3) is 0.269. The van der Waals surface area contributed by atoms with Crippen LogP contribution in [0, 0.1) is 28.6 Å². The Balaban J connectivity index is 1.65. The number of hydrogen-bond donors (Lipinski definition) is 1. The lowest BCUT2D eigenvalue weighted by Crippen LogP contribution is -2.31. The van der Waals surface area contributed by atoms with Gasteiger partial charge in [-0.2, -0.15) is 28.7 Å². The van der Waals surface area contributed by atoms with E-state index in [4.69, 9.17) is 4.74 Å². The van der Waals surface area contributed by atoms with Crippen molar-refractivity contribution in [2.75, 3.05) is 23.4 Å². The molecule has 3 aromatic rings. The Morgan fingerprint density at radius 3 is 2.55 bits per heavy atom. The Morgan fingerprint density at radius 2 is 1.92 bits per heavy atom. The van der Waals surface area contributed by atoms with Gasteiger partial charge in [0, 0.05) is 18.0 Å². The number of carbonyl (C=O) groups excluding carboxylic acids is 1. The zero-order chi connectivity index (χ0) is 27.0. The van der Waals surface area contributed by atoms with Crippen LogP contribution < -0.4 is 10.2 Å². The summed E-state index contributed by atoms with van der Waals surface area (Å²) < 4.78 is 47.2. The Kier molecular flexibility index (Phi) is 6.35. The molecule has 1 saturated heterocycles. The first kappa shape index (κ1) is 25.0. The summed E-state index contributed by atoms with van der Waals surface area (Å²) in [5.41, 5.74) is 0.849. The first-order valence-electron chi connectivity index (χ1n) is 11.6. The molecule has 0 radical (unpaired) electrons. The highest BCUT2D eigenvalue weighted by Gasteiger charge is 2.38. The van der Waals surface area contributed by atoms with Crippen LogP contribution in [-0.2, 0) is 15.7 Å². The molecule has 5 rings (SSSR count). The Bertz CT molecular complexity index is 1510. The van der Waals surface area contributed by atoms with Crippen molar-refractivity contribution >= 4 is 23.5 Å². The smallest absolute Gasteiger partial charge is 0.381 e. The maximum atomic E-state index is 13.5. The number of halogens is 3. The minimum absolute atomic E-state index is 0.0560. The van der Waals surface area contributed by atoms with Crippen LogP contribution in [0.25, 0.3) is 0 Å². The fourth-order valence-corrected chi connectivity index (χ4v) is 4.56. The summed E-state index contributed by atoms with van der Waals surface area (Å²) in [6.07, 6.45) is -4.04. The molecule has 0 saturated carbocycles. The van der Waals surface area contributed by atoms with Crippen molar-refractivity contribution in [3.05, 3.63) is 76.5 Å². The number of ether oxygens (including phenoxy) is 1. The molecule has 2 aliphatic heterocycles. The van der Waals surface area contributed by atoms with Crippen LogP contribution in [0.2, 0.25) is 0 Å². The summed E-state index contributed by atoms with van der Waals surface area (Å²) in [7, 11) is 0. The van der Waals surface area contributed by atoms with Crippen LogP contribution >= 0.6 is 0 Å². The third-order valence-electron chi connectivity index (χ3n) is 6.50.